The molecule has 23 aromatic rings. The van der Waals surface area contributed by atoms with Crippen LogP contribution in [0.1, 0.15) is 0 Å². The van der Waals surface area contributed by atoms with Crippen LogP contribution < -0.4 is 0 Å². The topological polar surface area (TPSA) is 105 Å². The molecule has 0 saturated carbocycles. The van der Waals surface area contributed by atoms with Gasteiger partial charge in [-0.15, -0.1) is 0 Å². The fraction of sp³-hybridized carbons (Fsp3) is 0. The number of hydrogen-bond donors (Lipinski definition) is 0. The number of benzene rings is 16. The van der Waals surface area contributed by atoms with Crippen molar-refractivity contribution in [2.24, 2.45) is 0 Å². The van der Waals surface area contributed by atoms with Gasteiger partial charge in [0.05, 0.1) is 50.8 Å². The van der Waals surface area contributed by atoms with Crippen molar-refractivity contribution in [3.8, 4) is 101 Å². The molecule has 0 aliphatic carbocycles. The summed E-state index contributed by atoms with van der Waals surface area (Å²) >= 11 is 0. The summed E-state index contributed by atoms with van der Waals surface area (Å²) in [6, 6.07) is 118. The summed E-state index contributed by atoms with van der Waals surface area (Å²) in [5.74, 6) is 1.18. The van der Waals surface area contributed by atoms with Crippen LogP contribution in [0.15, 0.2) is 357 Å². The molecule has 0 aliphatic heterocycles. The molecule has 0 fully saturated rings. The zero-order valence-electron chi connectivity index (χ0n) is 58.6. The Kier molecular flexibility index (Phi) is 13.3. The van der Waals surface area contributed by atoms with Crippen molar-refractivity contribution in [1.82, 2.24) is 24.1 Å². The van der Waals surface area contributed by atoms with Gasteiger partial charge < -0.3 is 26.8 Å². The summed E-state index contributed by atoms with van der Waals surface area (Å²) in [4.78, 5) is 21.8. The van der Waals surface area contributed by atoms with E-state index in [1.165, 1.54) is 0 Å². The second kappa shape index (κ2) is 23.9. The van der Waals surface area contributed by atoms with Crippen LogP contribution in [-0.4, -0.2) is 24.1 Å². The maximum Gasteiger partial charge on any atom is 0.212 e. The minimum absolute atomic E-state index is 0.339. The maximum absolute atomic E-state index is 9.90. The zero-order valence-corrected chi connectivity index (χ0v) is 58.6. The second-order valence-electron chi connectivity index (χ2n) is 28.3. The van der Waals surface area contributed by atoms with Gasteiger partial charge in [0.15, 0.2) is 17.5 Å². The average Bonchev–Trinajstić information content (AvgIpc) is 1.51. The van der Waals surface area contributed by atoms with Crippen LogP contribution in [0.2, 0.25) is 0 Å². The average molecular weight is 1410 g/mol. The molecule has 110 heavy (non-hydrogen) atoms. The van der Waals surface area contributed by atoms with Crippen molar-refractivity contribution in [2.75, 3.05) is 0 Å². The predicted octanol–water partition coefficient (Wildman–Crippen LogP) is 27.6. The Morgan fingerprint density at radius 3 is 1.00 bits per heavy atom. The first-order valence-corrected chi connectivity index (χ1v) is 36.8. The molecule has 0 spiro atoms. The summed E-state index contributed by atoms with van der Waals surface area (Å²) < 4.78 is 32.3. The van der Waals surface area contributed by atoms with Crippen molar-refractivity contribution in [3.05, 3.63) is 351 Å². The Hall–Kier alpha value is -15.2. The monoisotopic (exact) mass is 1400 g/mol. The molecule has 0 atom stereocenters. The fourth-order valence-electron chi connectivity index (χ4n) is 17.1. The fourth-order valence-corrected chi connectivity index (χ4v) is 17.1. The van der Waals surface area contributed by atoms with E-state index in [1.54, 1.807) is 0 Å². The van der Waals surface area contributed by atoms with Crippen LogP contribution in [0.5, 0.6) is 0 Å². The highest BCUT2D eigenvalue weighted by molar-refractivity contribution is 6.27. The van der Waals surface area contributed by atoms with Crippen molar-refractivity contribution in [2.45, 2.75) is 0 Å². The highest BCUT2D eigenvalue weighted by Gasteiger charge is 2.32. The van der Waals surface area contributed by atoms with Gasteiger partial charge in [-0.05, 0) is 177 Å². The Bertz CT molecular complexity index is 7700. The molecule has 0 radical (unpaired) electrons. The summed E-state index contributed by atoms with van der Waals surface area (Å²) in [5, 5.41) is 11.5. The molecule has 23 rings (SSSR count). The molecule has 0 bridgehead atoms. The number of hydrogen-bond acceptors (Lipinski definition) is 7. The largest absolute Gasteiger partial charge is 0.456 e. The molecule has 7 aromatic heterocycles. The van der Waals surface area contributed by atoms with E-state index in [9.17, 15) is 6.57 Å². The minimum atomic E-state index is 0.339. The Labute approximate surface area is 627 Å². The number of fused-ring (bicyclic) bond motifs is 20. The molecular weight excluding hydrogens is 1350 g/mol. The summed E-state index contributed by atoms with van der Waals surface area (Å²) in [7, 11) is 0. The van der Waals surface area contributed by atoms with Crippen LogP contribution in [0, 0.1) is 6.57 Å². The second-order valence-corrected chi connectivity index (χ2v) is 28.3. The summed E-state index contributed by atoms with van der Waals surface area (Å²) in [6.07, 6.45) is 0. The van der Waals surface area contributed by atoms with Gasteiger partial charge >= 0.3 is 0 Å². The number of nitrogens with zero attached hydrogens (tertiary/aromatic N) is 6. The van der Waals surface area contributed by atoms with Gasteiger partial charge in [-0.25, -0.2) is 19.8 Å². The highest BCUT2D eigenvalue weighted by atomic mass is 16.3. The smallest absolute Gasteiger partial charge is 0.212 e. The molecule has 0 N–H and O–H groups in total. The molecule has 510 valence electrons. The van der Waals surface area contributed by atoms with Gasteiger partial charge in [0.25, 0.3) is 0 Å². The normalized spacial score (nSPS) is 12.0. The first-order valence-electron chi connectivity index (χ1n) is 36.8. The van der Waals surface area contributed by atoms with Crippen molar-refractivity contribution >= 4 is 137 Å². The molecule has 0 amide bonds. The van der Waals surface area contributed by atoms with Crippen molar-refractivity contribution in [3.63, 3.8) is 0 Å². The van der Waals surface area contributed by atoms with Gasteiger partial charge in [-0.2, -0.15) is 0 Å². The van der Waals surface area contributed by atoms with E-state index >= 15 is 0 Å². The Morgan fingerprint density at radius 1 is 0.236 bits per heavy atom. The van der Waals surface area contributed by atoms with Gasteiger partial charge in [0.1, 0.15) is 44.7 Å². The SMILES string of the molecule is [C-]#[N+]c1cc(-c2nc(-c3ccc4oc5ccccc5c4c3)nc(-c3ccc4oc5ccccc5c4c3)n2)c(-n2c3ccc(-c4ccccc4)cc3c3c4oc5ccc(-c6ccccc6)cc5c4ccc32)c(-c2ccccc2)c1-n1c2ccc(-c3ccccc3)cc2c2c3oc4ccc(-c5ccccc5)cc4c3ccc21. The van der Waals surface area contributed by atoms with Crippen LogP contribution in [0.25, 0.3) is 237 Å². The molecular formula is C100H56N6O4. The molecule has 0 aliphatic rings. The summed E-state index contributed by atoms with van der Waals surface area (Å²) in [6.45, 7) is 9.90. The van der Waals surface area contributed by atoms with E-state index in [0.29, 0.717) is 34.4 Å². The van der Waals surface area contributed by atoms with Gasteiger partial charge in [0.2, 0.25) is 5.69 Å². The summed E-state index contributed by atoms with van der Waals surface area (Å²) in [5.41, 5.74) is 23.6. The van der Waals surface area contributed by atoms with Crippen molar-refractivity contribution < 1.29 is 17.7 Å². The van der Waals surface area contributed by atoms with Crippen LogP contribution in [0.4, 0.5) is 5.69 Å². The number of furan rings is 4. The first-order chi connectivity index (χ1) is 54.5. The molecule has 16 aromatic carbocycles. The quantitative estimate of drug-likeness (QED) is 0.126. The van der Waals surface area contributed by atoms with E-state index in [4.69, 9.17) is 37.5 Å². The Morgan fingerprint density at radius 2 is 0.564 bits per heavy atom. The molecule has 10 nitrogen and oxygen atoms in total. The number of aromatic nitrogens is 5. The molecule has 0 unspecified atom stereocenters. The number of rotatable bonds is 10. The third kappa shape index (κ3) is 9.38. The van der Waals surface area contributed by atoms with E-state index in [1.807, 2.05) is 78.9 Å². The number of para-hydroxylation sites is 2. The van der Waals surface area contributed by atoms with E-state index in [2.05, 4.69) is 270 Å². The lowest BCUT2D eigenvalue weighted by Crippen LogP contribution is -2.08. The van der Waals surface area contributed by atoms with Gasteiger partial charge in [0, 0.05) is 76.1 Å². The third-order valence-corrected chi connectivity index (χ3v) is 22.2. The maximum atomic E-state index is 9.90. The Balaban J connectivity index is 0.885. The highest BCUT2D eigenvalue weighted by Crippen LogP contribution is 2.53. The van der Waals surface area contributed by atoms with E-state index in [-0.39, 0.29) is 0 Å². The van der Waals surface area contributed by atoms with Gasteiger partial charge in [-0.1, -0.05) is 212 Å². The lowest BCUT2D eigenvalue weighted by molar-refractivity contribution is 0.668. The zero-order chi connectivity index (χ0) is 72.2. The lowest BCUT2D eigenvalue weighted by Gasteiger charge is -2.24. The predicted molar refractivity (Wildman–Crippen MR) is 447 cm³/mol. The van der Waals surface area contributed by atoms with Gasteiger partial charge in [-0.3, -0.25) is 0 Å². The minimum Gasteiger partial charge on any atom is -0.456 e. The first kappa shape index (κ1) is 61.2. The van der Waals surface area contributed by atoms with Crippen LogP contribution >= 0.6 is 0 Å². The third-order valence-electron chi connectivity index (χ3n) is 22.2. The van der Waals surface area contributed by atoms with Crippen molar-refractivity contribution in [1.29, 1.82) is 0 Å². The molecule has 7 heterocycles. The molecule has 0 saturated heterocycles. The standard InChI is InChI=1S/C100H56N6O4/c1-101-80-57-79(100-103-98(67-39-49-87-73(55-67)69-31-17-19-33-85(69)107-87)102-99(104-100)68-40-50-88-74(56-68)70-32-18-20-34-86(70)108-88)94(105-81-43-35-63(58-21-7-2-8-22-58)53-77(81)92-83(105)45-41-71-75-51-65(60-25-11-4-12-26-60)37-47-89(75)109-96(71)92)91(62-29-15-6-16-30-62)95(80)106-82-44-36-64(59-23-9-3-10-24-59)54-78(82)93-84(106)46-42-72-76-52-66(61-27-13-5-14-28-61)38-48-90(76)110-97(72)93/h2-57H. The lowest BCUT2D eigenvalue weighted by atomic mass is 9.94. The van der Waals surface area contributed by atoms with E-state index < -0.39 is 0 Å². The van der Waals surface area contributed by atoms with Crippen LogP contribution in [-0.2, 0) is 0 Å². The van der Waals surface area contributed by atoms with E-state index in [0.717, 1.165) is 204 Å². The molecule has 10 heteroatoms. The van der Waals surface area contributed by atoms with Crippen LogP contribution in [0.3, 0.4) is 0 Å².